The number of ether oxygens (including phenoxy) is 1. The molecule has 1 aliphatic heterocycles. The van der Waals surface area contributed by atoms with E-state index in [1.165, 1.54) is 5.56 Å². The lowest BCUT2D eigenvalue weighted by atomic mass is 9.86. The van der Waals surface area contributed by atoms with Gasteiger partial charge in [-0.25, -0.2) is 0 Å². The summed E-state index contributed by atoms with van der Waals surface area (Å²) in [6, 6.07) is 14.3. The number of rotatable bonds is 3. The van der Waals surface area contributed by atoms with Gasteiger partial charge in [-0.15, -0.1) is 0 Å². The Morgan fingerprint density at radius 1 is 1.29 bits per heavy atom. The quantitative estimate of drug-likeness (QED) is 0.675. The highest BCUT2D eigenvalue weighted by Crippen LogP contribution is 2.34. The number of hydrogen-bond donors (Lipinski definition) is 2. The number of hydrazine groups is 1. The summed E-state index contributed by atoms with van der Waals surface area (Å²) < 4.78 is 5.87. The summed E-state index contributed by atoms with van der Waals surface area (Å²) in [6.07, 6.45) is 0.941. The fraction of sp³-hybridized carbons (Fsp3) is 0.294. The van der Waals surface area contributed by atoms with Gasteiger partial charge in [0.25, 0.3) is 0 Å². The van der Waals surface area contributed by atoms with Gasteiger partial charge in [0.05, 0.1) is 12.6 Å². The molecule has 2 unspecified atom stereocenters. The highest BCUT2D eigenvalue weighted by atomic mass is 35.5. The molecule has 0 amide bonds. The summed E-state index contributed by atoms with van der Waals surface area (Å²) in [6.45, 7) is 2.65. The van der Waals surface area contributed by atoms with E-state index in [4.69, 9.17) is 22.2 Å². The van der Waals surface area contributed by atoms with E-state index in [2.05, 4.69) is 17.6 Å². The summed E-state index contributed by atoms with van der Waals surface area (Å²) in [4.78, 5) is 0. The summed E-state index contributed by atoms with van der Waals surface area (Å²) in [5, 5.41) is 0.768. The Hall–Kier alpha value is -1.55. The van der Waals surface area contributed by atoms with Crippen molar-refractivity contribution in [3.05, 3.63) is 64.2 Å². The number of nitrogens with one attached hydrogen (secondary N) is 1. The highest BCUT2D eigenvalue weighted by molar-refractivity contribution is 6.31. The molecule has 2 atom stereocenters. The molecular formula is C17H19ClN2O. The van der Waals surface area contributed by atoms with Gasteiger partial charge in [0.15, 0.2) is 0 Å². The van der Waals surface area contributed by atoms with Gasteiger partial charge >= 0.3 is 0 Å². The third-order valence-corrected chi connectivity index (χ3v) is 4.52. The number of aryl methyl sites for hydroxylation is 1. The minimum absolute atomic E-state index is 0.0245. The second kappa shape index (κ2) is 6.06. The lowest BCUT2D eigenvalue weighted by Crippen LogP contribution is -2.38. The van der Waals surface area contributed by atoms with Gasteiger partial charge in [-0.1, -0.05) is 41.9 Å². The largest absolute Gasteiger partial charge is 0.493 e. The van der Waals surface area contributed by atoms with Crippen LogP contribution < -0.4 is 16.0 Å². The van der Waals surface area contributed by atoms with Crippen molar-refractivity contribution in [3.63, 3.8) is 0 Å². The van der Waals surface area contributed by atoms with E-state index in [0.29, 0.717) is 6.61 Å². The van der Waals surface area contributed by atoms with Crippen LogP contribution in [-0.4, -0.2) is 6.61 Å². The fourth-order valence-electron chi connectivity index (χ4n) is 2.87. The van der Waals surface area contributed by atoms with Gasteiger partial charge in [-0.3, -0.25) is 11.3 Å². The minimum atomic E-state index is 0.0245. The third kappa shape index (κ3) is 2.91. The predicted molar refractivity (Wildman–Crippen MR) is 85.4 cm³/mol. The molecule has 1 aliphatic rings. The van der Waals surface area contributed by atoms with Gasteiger partial charge in [0, 0.05) is 10.9 Å². The number of benzene rings is 2. The van der Waals surface area contributed by atoms with Gasteiger partial charge in [-0.2, -0.15) is 0 Å². The second-order valence-electron chi connectivity index (χ2n) is 5.54. The van der Waals surface area contributed by atoms with Crippen molar-refractivity contribution in [2.45, 2.75) is 19.4 Å². The normalized spacial score (nSPS) is 18.7. The van der Waals surface area contributed by atoms with Crippen molar-refractivity contribution in [1.82, 2.24) is 5.43 Å². The van der Waals surface area contributed by atoms with Crippen LogP contribution in [0.5, 0.6) is 5.75 Å². The molecule has 3 N–H and O–H groups in total. The monoisotopic (exact) mass is 302 g/mol. The standard InChI is InChI=1S/C17H19ClN2O/c1-11-6-7-13(9-15(11)18)17(20-19)14-8-12-4-2-3-5-16(12)21-10-14/h2-7,9,14,17,20H,8,10,19H2,1H3. The van der Waals surface area contributed by atoms with Crippen molar-refractivity contribution in [3.8, 4) is 5.75 Å². The first-order chi connectivity index (χ1) is 10.2. The average Bonchev–Trinajstić information content (AvgIpc) is 2.51. The van der Waals surface area contributed by atoms with E-state index in [-0.39, 0.29) is 12.0 Å². The van der Waals surface area contributed by atoms with E-state index < -0.39 is 0 Å². The molecule has 0 saturated carbocycles. The third-order valence-electron chi connectivity index (χ3n) is 4.11. The number of nitrogens with two attached hydrogens (primary N) is 1. The summed E-state index contributed by atoms with van der Waals surface area (Å²) in [7, 11) is 0. The van der Waals surface area contributed by atoms with Crippen LogP contribution in [0.25, 0.3) is 0 Å². The molecule has 0 fully saturated rings. The predicted octanol–water partition coefficient (Wildman–Crippen LogP) is 3.40. The molecule has 2 aromatic rings. The molecule has 0 radical (unpaired) electrons. The maximum Gasteiger partial charge on any atom is 0.122 e. The first-order valence-corrected chi connectivity index (χ1v) is 7.49. The SMILES string of the molecule is Cc1ccc(C(NN)C2COc3ccccc3C2)cc1Cl. The van der Waals surface area contributed by atoms with Crippen molar-refractivity contribution in [1.29, 1.82) is 0 Å². The van der Waals surface area contributed by atoms with Crippen LogP contribution >= 0.6 is 11.6 Å². The number of para-hydroxylation sites is 1. The minimum Gasteiger partial charge on any atom is -0.493 e. The Morgan fingerprint density at radius 3 is 2.86 bits per heavy atom. The highest BCUT2D eigenvalue weighted by Gasteiger charge is 2.28. The maximum absolute atomic E-state index is 6.24. The molecular weight excluding hydrogens is 284 g/mol. The molecule has 1 heterocycles. The van der Waals surface area contributed by atoms with E-state index >= 15 is 0 Å². The zero-order valence-corrected chi connectivity index (χ0v) is 12.7. The van der Waals surface area contributed by atoms with Crippen molar-refractivity contribution in [2.24, 2.45) is 11.8 Å². The zero-order chi connectivity index (χ0) is 14.8. The Bertz CT molecular complexity index is 644. The topological polar surface area (TPSA) is 47.3 Å². The van der Waals surface area contributed by atoms with Crippen LogP contribution in [0.2, 0.25) is 5.02 Å². The van der Waals surface area contributed by atoms with Crippen molar-refractivity contribution in [2.75, 3.05) is 6.61 Å². The van der Waals surface area contributed by atoms with E-state index in [1.54, 1.807) is 0 Å². The Balaban J connectivity index is 1.86. The Labute approximate surface area is 130 Å². The molecule has 4 heteroatoms. The molecule has 0 bridgehead atoms. The lowest BCUT2D eigenvalue weighted by Gasteiger charge is -2.31. The van der Waals surface area contributed by atoms with E-state index in [1.807, 2.05) is 37.3 Å². The van der Waals surface area contributed by atoms with Crippen LogP contribution in [0, 0.1) is 12.8 Å². The Kier molecular flexibility index (Phi) is 4.15. The van der Waals surface area contributed by atoms with Crippen LogP contribution in [0.15, 0.2) is 42.5 Å². The molecule has 0 spiro atoms. The zero-order valence-electron chi connectivity index (χ0n) is 12.0. The summed E-state index contributed by atoms with van der Waals surface area (Å²) >= 11 is 6.24. The lowest BCUT2D eigenvalue weighted by molar-refractivity contribution is 0.185. The molecule has 110 valence electrons. The van der Waals surface area contributed by atoms with Crippen LogP contribution in [0.1, 0.15) is 22.7 Å². The first-order valence-electron chi connectivity index (χ1n) is 7.12. The van der Waals surface area contributed by atoms with Crippen LogP contribution in [-0.2, 0) is 6.42 Å². The summed E-state index contributed by atoms with van der Waals surface area (Å²) in [5.74, 6) is 7.05. The van der Waals surface area contributed by atoms with Crippen LogP contribution in [0.4, 0.5) is 0 Å². The number of hydrogen-bond acceptors (Lipinski definition) is 3. The molecule has 3 nitrogen and oxygen atoms in total. The van der Waals surface area contributed by atoms with Gasteiger partial charge < -0.3 is 4.74 Å². The molecule has 3 rings (SSSR count). The molecule has 0 aromatic heterocycles. The maximum atomic E-state index is 6.24. The molecule has 0 aliphatic carbocycles. The van der Waals surface area contributed by atoms with Crippen molar-refractivity contribution < 1.29 is 4.74 Å². The van der Waals surface area contributed by atoms with Gasteiger partial charge in [0.1, 0.15) is 5.75 Å². The first kappa shape index (κ1) is 14.4. The van der Waals surface area contributed by atoms with E-state index in [9.17, 15) is 0 Å². The van der Waals surface area contributed by atoms with Crippen molar-refractivity contribution >= 4 is 11.6 Å². The second-order valence-corrected chi connectivity index (χ2v) is 5.94. The Morgan fingerprint density at radius 2 is 2.10 bits per heavy atom. The molecule has 21 heavy (non-hydrogen) atoms. The summed E-state index contributed by atoms with van der Waals surface area (Å²) in [5.41, 5.74) is 6.32. The van der Waals surface area contributed by atoms with Crippen LogP contribution in [0.3, 0.4) is 0 Å². The number of halogens is 1. The van der Waals surface area contributed by atoms with Gasteiger partial charge in [-0.05, 0) is 42.2 Å². The smallest absolute Gasteiger partial charge is 0.122 e. The van der Waals surface area contributed by atoms with E-state index in [0.717, 1.165) is 28.3 Å². The average molecular weight is 303 g/mol. The van der Waals surface area contributed by atoms with Gasteiger partial charge in [0.2, 0.25) is 0 Å². The molecule has 0 saturated heterocycles. The fourth-order valence-corrected chi connectivity index (χ4v) is 3.06. The molecule has 2 aromatic carbocycles. The number of fused-ring (bicyclic) bond motifs is 1.